The largest absolute Gasteiger partial charge is 0.480 e. The molecule has 0 aliphatic carbocycles. The van der Waals surface area contributed by atoms with Crippen molar-refractivity contribution in [3.63, 3.8) is 0 Å². The van der Waals surface area contributed by atoms with Crippen LogP contribution < -0.4 is 5.32 Å². The molecule has 0 saturated carbocycles. The fraction of sp³-hybridized carbons (Fsp3) is 0.556. The summed E-state index contributed by atoms with van der Waals surface area (Å²) in [5, 5.41) is 11.6. The van der Waals surface area contributed by atoms with Gasteiger partial charge in [0, 0.05) is 19.0 Å². The van der Waals surface area contributed by atoms with Crippen LogP contribution in [0, 0.1) is 19.8 Å². The van der Waals surface area contributed by atoms with Crippen molar-refractivity contribution in [2.75, 3.05) is 13.1 Å². The molecule has 144 valence electrons. The molecule has 0 aromatic heterocycles. The molecule has 1 atom stereocenters. The topological polar surface area (TPSA) is 104 Å². The van der Waals surface area contributed by atoms with Gasteiger partial charge in [0.15, 0.2) is 0 Å². The second-order valence-electron chi connectivity index (χ2n) is 6.75. The fourth-order valence-corrected chi connectivity index (χ4v) is 4.89. The van der Waals surface area contributed by atoms with Crippen LogP contribution in [0.4, 0.5) is 0 Å². The Morgan fingerprint density at radius 1 is 1.27 bits per heavy atom. The Hall–Kier alpha value is -1.93. The van der Waals surface area contributed by atoms with E-state index in [2.05, 4.69) is 5.32 Å². The molecule has 26 heavy (non-hydrogen) atoms. The number of hydrogen-bond acceptors (Lipinski definition) is 4. The van der Waals surface area contributed by atoms with E-state index in [1.54, 1.807) is 26.0 Å². The number of rotatable bonds is 6. The highest BCUT2D eigenvalue weighted by Gasteiger charge is 2.33. The van der Waals surface area contributed by atoms with Crippen molar-refractivity contribution >= 4 is 21.9 Å². The third-order valence-electron chi connectivity index (χ3n) is 4.80. The number of nitrogens with one attached hydrogen (secondary N) is 1. The number of carbonyl (C=O) groups is 2. The van der Waals surface area contributed by atoms with E-state index in [0.29, 0.717) is 29.7 Å². The number of carbonyl (C=O) groups excluding carboxylic acids is 1. The lowest BCUT2D eigenvalue weighted by molar-refractivity contribution is -0.142. The Kier molecular flexibility index (Phi) is 6.41. The van der Waals surface area contributed by atoms with Crippen LogP contribution in [-0.4, -0.2) is 48.8 Å². The van der Waals surface area contributed by atoms with Gasteiger partial charge in [0.05, 0.1) is 4.90 Å². The average molecular weight is 382 g/mol. The van der Waals surface area contributed by atoms with Crippen molar-refractivity contribution in [2.45, 2.75) is 51.0 Å². The molecule has 1 aliphatic heterocycles. The highest BCUT2D eigenvalue weighted by Crippen LogP contribution is 2.26. The van der Waals surface area contributed by atoms with Crippen LogP contribution >= 0.6 is 0 Å². The zero-order valence-corrected chi connectivity index (χ0v) is 16.2. The van der Waals surface area contributed by atoms with E-state index in [4.69, 9.17) is 5.11 Å². The van der Waals surface area contributed by atoms with Gasteiger partial charge in [-0.15, -0.1) is 0 Å². The summed E-state index contributed by atoms with van der Waals surface area (Å²) in [5.74, 6) is -1.74. The van der Waals surface area contributed by atoms with Crippen molar-refractivity contribution in [3.8, 4) is 0 Å². The molecule has 0 radical (unpaired) electrons. The van der Waals surface area contributed by atoms with Crippen molar-refractivity contribution in [2.24, 2.45) is 5.92 Å². The van der Waals surface area contributed by atoms with E-state index in [9.17, 15) is 18.0 Å². The Morgan fingerprint density at radius 3 is 2.38 bits per heavy atom. The second kappa shape index (κ2) is 8.18. The van der Waals surface area contributed by atoms with Crippen LogP contribution in [0.1, 0.15) is 37.3 Å². The predicted molar refractivity (Wildman–Crippen MR) is 97.3 cm³/mol. The maximum atomic E-state index is 12.9. The maximum Gasteiger partial charge on any atom is 0.326 e. The second-order valence-corrected chi connectivity index (χ2v) is 8.66. The number of aryl methyl sites for hydroxylation is 2. The van der Waals surface area contributed by atoms with Gasteiger partial charge >= 0.3 is 5.97 Å². The zero-order chi connectivity index (χ0) is 19.5. The molecule has 7 nitrogen and oxygen atoms in total. The van der Waals surface area contributed by atoms with E-state index in [1.165, 1.54) is 4.31 Å². The van der Waals surface area contributed by atoms with Crippen molar-refractivity contribution < 1.29 is 23.1 Å². The molecule has 8 heteroatoms. The lowest BCUT2D eigenvalue weighted by Crippen LogP contribution is -2.47. The molecule has 0 bridgehead atoms. The third kappa shape index (κ3) is 4.42. The number of nitrogens with zero attached hydrogens (tertiary/aromatic N) is 1. The SMILES string of the molecule is CCC(NC(=O)C1CCN(S(=O)(=O)c2ccc(C)cc2C)CC1)C(=O)O. The van der Waals surface area contributed by atoms with Crippen LogP contribution in [0.5, 0.6) is 0 Å². The van der Waals surface area contributed by atoms with Gasteiger partial charge in [0.2, 0.25) is 15.9 Å². The molecule has 2 N–H and O–H groups in total. The number of amides is 1. The Labute approximate surface area is 154 Å². The molecule has 1 heterocycles. The molecular weight excluding hydrogens is 356 g/mol. The van der Waals surface area contributed by atoms with Gasteiger partial charge in [-0.1, -0.05) is 24.6 Å². The first-order valence-electron chi connectivity index (χ1n) is 8.77. The number of sulfonamides is 1. The number of aliphatic carboxylic acids is 1. The number of hydrogen-bond donors (Lipinski definition) is 2. The van der Waals surface area contributed by atoms with Gasteiger partial charge in [-0.25, -0.2) is 13.2 Å². The summed E-state index contributed by atoms with van der Waals surface area (Å²) < 4.78 is 27.1. The standard InChI is InChI=1S/C18H26N2O5S/c1-4-15(18(22)23)19-17(21)14-7-9-20(10-8-14)26(24,25)16-6-5-12(2)11-13(16)3/h5-6,11,14-15H,4,7-10H2,1-3H3,(H,19,21)(H,22,23). The Morgan fingerprint density at radius 2 is 1.88 bits per heavy atom. The van der Waals surface area contributed by atoms with Crippen molar-refractivity contribution in [1.29, 1.82) is 0 Å². The molecule has 1 aromatic rings. The summed E-state index contributed by atoms with van der Waals surface area (Å²) in [6.45, 7) is 5.87. The van der Waals surface area contributed by atoms with E-state index < -0.39 is 22.0 Å². The fourth-order valence-electron chi connectivity index (χ4n) is 3.21. The van der Waals surface area contributed by atoms with Crippen LogP contribution in [0.2, 0.25) is 0 Å². The molecule has 1 amide bonds. The Balaban J connectivity index is 2.03. The number of carboxylic acids is 1. The van der Waals surface area contributed by atoms with E-state index >= 15 is 0 Å². The van der Waals surface area contributed by atoms with Gasteiger partial charge in [0.25, 0.3) is 0 Å². The van der Waals surface area contributed by atoms with E-state index in [-0.39, 0.29) is 24.9 Å². The van der Waals surface area contributed by atoms with Crippen LogP contribution in [0.25, 0.3) is 0 Å². The lowest BCUT2D eigenvalue weighted by atomic mass is 9.97. The molecule has 1 saturated heterocycles. The summed E-state index contributed by atoms with van der Waals surface area (Å²) in [5.41, 5.74) is 1.71. The lowest BCUT2D eigenvalue weighted by Gasteiger charge is -2.31. The zero-order valence-electron chi connectivity index (χ0n) is 15.4. The van der Waals surface area contributed by atoms with Gasteiger partial charge in [-0.2, -0.15) is 4.31 Å². The van der Waals surface area contributed by atoms with Gasteiger partial charge in [0.1, 0.15) is 6.04 Å². The summed E-state index contributed by atoms with van der Waals surface area (Å²) >= 11 is 0. The summed E-state index contributed by atoms with van der Waals surface area (Å²) in [7, 11) is -3.59. The van der Waals surface area contributed by atoms with Crippen molar-refractivity contribution in [3.05, 3.63) is 29.3 Å². The summed E-state index contributed by atoms with van der Waals surface area (Å²) in [6, 6.07) is 4.33. The third-order valence-corrected chi connectivity index (χ3v) is 6.85. The molecule has 1 aliphatic rings. The summed E-state index contributed by atoms with van der Waals surface area (Å²) in [4.78, 5) is 23.6. The predicted octanol–water partition coefficient (Wildman–Crippen LogP) is 1.68. The van der Waals surface area contributed by atoms with Gasteiger partial charge < -0.3 is 10.4 Å². The van der Waals surface area contributed by atoms with Gasteiger partial charge in [-0.05, 0) is 44.7 Å². The number of carboxylic acid groups (broad SMARTS) is 1. The quantitative estimate of drug-likeness (QED) is 0.779. The molecule has 1 fully saturated rings. The normalized spacial score (nSPS) is 17.7. The minimum atomic E-state index is -3.59. The molecule has 1 aromatic carbocycles. The highest BCUT2D eigenvalue weighted by molar-refractivity contribution is 7.89. The van der Waals surface area contributed by atoms with Crippen molar-refractivity contribution in [1.82, 2.24) is 9.62 Å². The van der Waals surface area contributed by atoms with Crippen LogP contribution in [-0.2, 0) is 19.6 Å². The molecule has 0 spiro atoms. The monoisotopic (exact) mass is 382 g/mol. The first kappa shape index (κ1) is 20.4. The first-order valence-corrected chi connectivity index (χ1v) is 10.2. The molecular formula is C18H26N2O5S. The molecule has 2 rings (SSSR count). The molecule has 1 unspecified atom stereocenters. The van der Waals surface area contributed by atoms with Crippen LogP contribution in [0.3, 0.4) is 0 Å². The Bertz CT molecular complexity index is 783. The minimum absolute atomic E-state index is 0.248. The maximum absolute atomic E-state index is 12.9. The van der Waals surface area contributed by atoms with Gasteiger partial charge in [-0.3, -0.25) is 4.79 Å². The average Bonchev–Trinajstić information content (AvgIpc) is 2.58. The smallest absolute Gasteiger partial charge is 0.326 e. The minimum Gasteiger partial charge on any atom is -0.480 e. The highest BCUT2D eigenvalue weighted by atomic mass is 32.2. The van der Waals surface area contributed by atoms with E-state index in [1.807, 2.05) is 13.0 Å². The summed E-state index contributed by atoms with van der Waals surface area (Å²) in [6.07, 6.45) is 1.07. The number of benzene rings is 1. The van der Waals surface area contributed by atoms with Crippen LogP contribution in [0.15, 0.2) is 23.1 Å². The van der Waals surface area contributed by atoms with E-state index in [0.717, 1.165) is 5.56 Å². The number of piperidine rings is 1. The first-order chi connectivity index (χ1) is 12.2.